The summed E-state index contributed by atoms with van der Waals surface area (Å²) in [7, 11) is 3.38. The van der Waals surface area contributed by atoms with Gasteiger partial charge in [0.15, 0.2) is 11.6 Å². The molecule has 2 aromatic carbocycles. The predicted molar refractivity (Wildman–Crippen MR) is 168 cm³/mol. The molecular weight excluding hydrogens is 583 g/mol. The van der Waals surface area contributed by atoms with E-state index in [4.69, 9.17) is 35.8 Å². The van der Waals surface area contributed by atoms with Crippen LogP contribution < -0.4 is 15.0 Å². The van der Waals surface area contributed by atoms with E-state index in [0.717, 1.165) is 56.1 Å². The highest BCUT2D eigenvalue weighted by Gasteiger charge is 2.56. The molecule has 4 fully saturated rings. The van der Waals surface area contributed by atoms with E-state index in [1.807, 2.05) is 36.4 Å². The second-order valence-electron chi connectivity index (χ2n) is 12.7. The Hall–Kier alpha value is -3.15. The van der Waals surface area contributed by atoms with Crippen LogP contribution in [0.25, 0.3) is 32.9 Å². The summed E-state index contributed by atoms with van der Waals surface area (Å²) in [6, 6.07) is 12.3. The lowest BCUT2D eigenvalue weighted by atomic mass is 9.93. The van der Waals surface area contributed by atoms with Crippen LogP contribution in [0.1, 0.15) is 32.1 Å². The summed E-state index contributed by atoms with van der Waals surface area (Å²) in [6.45, 7) is 3.55. The molecule has 0 saturated carbocycles. The molecule has 4 aliphatic rings. The molecule has 6 heterocycles. The Balaban J connectivity index is 1.22. The number of rotatable bonds is 7. The third-order valence-electron chi connectivity index (χ3n) is 10.3. The van der Waals surface area contributed by atoms with Crippen LogP contribution in [0.2, 0.25) is 5.02 Å². The molecule has 3 atom stereocenters. The quantitative estimate of drug-likeness (QED) is 0.282. The molecule has 2 aromatic heterocycles. The van der Waals surface area contributed by atoms with Crippen molar-refractivity contribution in [2.45, 2.75) is 55.5 Å². The highest BCUT2D eigenvalue weighted by Crippen LogP contribution is 2.45. The van der Waals surface area contributed by atoms with Crippen molar-refractivity contribution < 1.29 is 18.6 Å². The number of pyridine rings is 1. The zero-order valence-corrected chi connectivity index (χ0v) is 25.7. The Morgan fingerprint density at radius 2 is 1.84 bits per heavy atom. The van der Waals surface area contributed by atoms with Gasteiger partial charge in [-0.25, -0.2) is 4.39 Å². The molecule has 4 aliphatic heterocycles. The average Bonchev–Trinajstić information content (AvgIpc) is 3.69. The number of piperazine rings is 1. The number of fused-ring (bicyclic) bond motifs is 5. The van der Waals surface area contributed by atoms with Gasteiger partial charge in [-0.1, -0.05) is 41.9 Å². The Bertz CT molecular complexity index is 1740. The van der Waals surface area contributed by atoms with Gasteiger partial charge in [0.25, 0.3) is 0 Å². The smallest absolute Gasteiger partial charge is 0.319 e. The van der Waals surface area contributed by atoms with Crippen molar-refractivity contribution in [3.8, 4) is 17.3 Å². The standard InChI is InChI=1S/C33H36ClFN6O3/c1-42-33(43-2)17-32(12-5-13-41(32)18-33)19-44-31-38-29-24(30(39-31)40-15-21-10-11-22(16-40)37-21)14-36-28(27(29)35)23-8-3-6-20-7-4-9-25(34)26(20)23/h3-4,6-9,14,21-22,37H,5,10-13,15-19H2,1-2H3. The van der Waals surface area contributed by atoms with E-state index in [1.165, 1.54) is 0 Å². The number of methoxy groups -OCH3 is 2. The molecule has 4 aromatic rings. The predicted octanol–water partition coefficient (Wildman–Crippen LogP) is 5.18. The molecule has 44 heavy (non-hydrogen) atoms. The van der Waals surface area contributed by atoms with Crippen LogP contribution in [-0.4, -0.2) is 90.3 Å². The van der Waals surface area contributed by atoms with Crippen LogP contribution in [-0.2, 0) is 9.47 Å². The van der Waals surface area contributed by atoms with Crippen LogP contribution in [0.15, 0.2) is 42.6 Å². The second-order valence-corrected chi connectivity index (χ2v) is 13.1. The van der Waals surface area contributed by atoms with Crippen LogP contribution in [0.5, 0.6) is 6.01 Å². The van der Waals surface area contributed by atoms with E-state index in [0.29, 0.717) is 53.4 Å². The van der Waals surface area contributed by atoms with Gasteiger partial charge in [-0.15, -0.1) is 0 Å². The molecule has 11 heteroatoms. The van der Waals surface area contributed by atoms with Gasteiger partial charge in [-0.3, -0.25) is 9.88 Å². The van der Waals surface area contributed by atoms with Crippen molar-refractivity contribution in [3.05, 3.63) is 53.4 Å². The maximum absolute atomic E-state index is 16.7. The Kier molecular flexibility index (Phi) is 6.91. The van der Waals surface area contributed by atoms with Crippen LogP contribution >= 0.6 is 11.6 Å². The minimum Gasteiger partial charge on any atom is -0.461 e. The molecule has 230 valence electrons. The minimum absolute atomic E-state index is 0.166. The normalized spacial score (nSPS) is 26.1. The summed E-state index contributed by atoms with van der Waals surface area (Å²) in [4.78, 5) is 18.9. The minimum atomic E-state index is -0.675. The number of nitrogens with one attached hydrogen (secondary N) is 1. The van der Waals surface area contributed by atoms with Crippen molar-refractivity contribution in [3.63, 3.8) is 0 Å². The first kappa shape index (κ1) is 28.3. The molecule has 8 rings (SSSR count). The summed E-state index contributed by atoms with van der Waals surface area (Å²) in [6.07, 6.45) is 6.63. The molecule has 2 bridgehead atoms. The first-order valence-corrected chi connectivity index (χ1v) is 15.8. The summed E-state index contributed by atoms with van der Waals surface area (Å²) in [5.41, 5.74) is 0.756. The van der Waals surface area contributed by atoms with E-state index in [-0.39, 0.29) is 22.8 Å². The van der Waals surface area contributed by atoms with E-state index in [2.05, 4.69) is 20.1 Å². The van der Waals surface area contributed by atoms with E-state index >= 15 is 4.39 Å². The van der Waals surface area contributed by atoms with Gasteiger partial charge in [0.2, 0.25) is 0 Å². The van der Waals surface area contributed by atoms with Gasteiger partial charge < -0.3 is 24.4 Å². The number of benzene rings is 2. The first-order chi connectivity index (χ1) is 21.4. The molecule has 0 spiro atoms. The molecule has 0 aliphatic carbocycles. The number of hydrogen-bond donors (Lipinski definition) is 1. The van der Waals surface area contributed by atoms with Crippen LogP contribution in [0, 0.1) is 5.82 Å². The molecule has 9 nitrogen and oxygen atoms in total. The molecule has 0 radical (unpaired) electrons. The van der Waals surface area contributed by atoms with Gasteiger partial charge >= 0.3 is 6.01 Å². The SMILES string of the molecule is COC1(OC)CN2CCCC2(COc2nc(N3CC4CCC(C3)N4)c3cnc(-c4cccc5cccc(Cl)c45)c(F)c3n2)C1. The first-order valence-electron chi connectivity index (χ1n) is 15.4. The van der Waals surface area contributed by atoms with Crippen LogP contribution in [0.4, 0.5) is 10.2 Å². The number of hydrogen-bond acceptors (Lipinski definition) is 9. The summed E-state index contributed by atoms with van der Waals surface area (Å²) >= 11 is 6.63. The highest BCUT2D eigenvalue weighted by atomic mass is 35.5. The van der Waals surface area contributed by atoms with Gasteiger partial charge in [0, 0.05) is 68.0 Å². The van der Waals surface area contributed by atoms with Gasteiger partial charge in [-0.2, -0.15) is 9.97 Å². The average molecular weight is 619 g/mol. The summed E-state index contributed by atoms with van der Waals surface area (Å²) < 4.78 is 34.8. The number of ether oxygens (including phenoxy) is 3. The zero-order chi connectivity index (χ0) is 30.1. The molecule has 3 unspecified atom stereocenters. The van der Waals surface area contributed by atoms with Gasteiger partial charge in [-0.05, 0) is 43.7 Å². The molecule has 0 amide bonds. The largest absolute Gasteiger partial charge is 0.461 e. The fourth-order valence-electron chi connectivity index (χ4n) is 8.04. The van der Waals surface area contributed by atoms with E-state index in [9.17, 15) is 0 Å². The van der Waals surface area contributed by atoms with Crippen molar-refractivity contribution in [2.75, 3.05) is 51.9 Å². The molecular formula is C33H36ClFN6O3. The topological polar surface area (TPSA) is 84.9 Å². The van der Waals surface area contributed by atoms with E-state index in [1.54, 1.807) is 20.4 Å². The van der Waals surface area contributed by atoms with Gasteiger partial charge in [0.1, 0.15) is 23.6 Å². The van der Waals surface area contributed by atoms with Crippen molar-refractivity contribution in [1.29, 1.82) is 0 Å². The Morgan fingerprint density at radius 1 is 1.07 bits per heavy atom. The number of aromatic nitrogens is 3. The fraction of sp³-hybridized carbons (Fsp3) is 0.485. The number of nitrogens with zero attached hydrogens (tertiary/aromatic N) is 5. The third kappa shape index (κ3) is 4.53. The second kappa shape index (κ2) is 10.7. The van der Waals surface area contributed by atoms with Crippen molar-refractivity contribution >= 4 is 39.1 Å². The Labute approximate surface area is 260 Å². The Morgan fingerprint density at radius 3 is 2.61 bits per heavy atom. The maximum Gasteiger partial charge on any atom is 0.319 e. The lowest BCUT2D eigenvalue weighted by molar-refractivity contribution is -0.198. The van der Waals surface area contributed by atoms with Crippen LogP contribution in [0.3, 0.4) is 0 Å². The maximum atomic E-state index is 16.7. The third-order valence-corrected chi connectivity index (χ3v) is 10.6. The summed E-state index contributed by atoms with van der Waals surface area (Å²) in [5, 5.41) is 6.47. The zero-order valence-electron chi connectivity index (χ0n) is 25.0. The molecule has 1 N–H and O–H groups in total. The lowest BCUT2D eigenvalue weighted by Gasteiger charge is -2.34. The van der Waals surface area contributed by atoms with Crippen molar-refractivity contribution in [2.24, 2.45) is 0 Å². The van der Waals surface area contributed by atoms with Crippen molar-refractivity contribution in [1.82, 2.24) is 25.2 Å². The number of halogens is 2. The number of anilines is 1. The fourth-order valence-corrected chi connectivity index (χ4v) is 8.32. The lowest BCUT2D eigenvalue weighted by Crippen LogP contribution is -2.51. The molecule has 4 saturated heterocycles. The monoisotopic (exact) mass is 618 g/mol. The highest BCUT2D eigenvalue weighted by molar-refractivity contribution is 6.36. The van der Waals surface area contributed by atoms with Gasteiger partial charge in [0.05, 0.1) is 17.5 Å². The van der Waals surface area contributed by atoms with E-state index < -0.39 is 11.6 Å². The summed E-state index contributed by atoms with van der Waals surface area (Å²) in [5.74, 6) is -0.528.